The maximum atomic E-state index is 12.7. The van der Waals surface area contributed by atoms with E-state index in [1.807, 2.05) is 26.8 Å². The van der Waals surface area contributed by atoms with Crippen LogP contribution in [0.15, 0.2) is 30.3 Å². The zero-order valence-electron chi connectivity index (χ0n) is 13.9. The molecule has 3 heteroatoms. The van der Waals surface area contributed by atoms with E-state index in [4.69, 9.17) is 4.74 Å². The Morgan fingerprint density at radius 2 is 1.95 bits per heavy atom. The number of nitrogens with zero attached hydrogens (tertiary/aromatic N) is 1. The van der Waals surface area contributed by atoms with Gasteiger partial charge in [0, 0.05) is 13.1 Å². The van der Waals surface area contributed by atoms with Crippen LogP contribution in [0.5, 0.6) is 0 Å². The van der Waals surface area contributed by atoms with Crippen molar-refractivity contribution in [1.29, 1.82) is 0 Å². The number of ether oxygens (including phenoxy) is 1. The Bertz CT molecular complexity index is 520. The molecule has 3 nitrogen and oxygen atoms in total. The Hall–Kier alpha value is -1.35. The molecule has 1 heterocycles. The fourth-order valence-electron chi connectivity index (χ4n) is 4.06. The molecule has 1 aliphatic heterocycles. The lowest BCUT2D eigenvalue weighted by atomic mass is 9.94. The largest absolute Gasteiger partial charge is 0.459 e. The van der Waals surface area contributed by atoms with Gasteiger partial charge in [-0.15, -0.1) is 0 Å². The molecule has 0 N–H and O–H groups in total. The molecule has 1 aliphatic carbocycles. The van der Waals surface area contributed by atoms with Gasteiger partial charge in [-0.1, -0.05) is 36.8 Å². The first-order valence-corrected chi connectivity index (χ1v) is 8.45. The number of carbonyl (C=O) groups excluding carboxylic acids is 1. The summed E-state index contributed by atoms with van der Waals surface area (Å²) in [6, 6.07) is 10.4. The van der Waals surface area contributed by atoms with E-state index in [1.165, 1.54) is 24.8 Å². The minimum absolute atomic E-state index is 0.0298. The van der Waals surface area contributed by atoms with Crippen molar-refractivity contribution in [1.82, 2.24) is 4.90 Å². The maximum Gasteiger partial charge on any atom is 0.324 e. The van der Waals surface area contributed by atoms with Crippen LogP contribution < -0.4 is 0 Å². The van der Waals surface area contributed by atoms with E-state index in [0.29, 0.717) is 11.8 Å². The van der Waals surface area contributed by atoms with Crippen LogP contribution in [0.25, 0.3) is 0 Å². The molecule has 0 amide bonds. The van der Waals surface area contributed by atoms with Gasteiger partial charge in [-0.25, -0.2) is 0 Å². The first kappa shape index (κ1) is 15.5. The fraction of sp³-hybridized carbons (Fsp3) is 0.632. The second kappa shape index (κ2) is 6.04. The average Bonchev–Trinajstić information content (AvgIpc) is 2.97. The van der Waals surface area contributed by atoms with Crippen LogP contribution in [0.4, 0.5) is 0 Å². The number of carbonyl (C=O) groups is 1. The zero-order chi connectivity index (χ0) is 15.7. The average molecular weight is 301 g/mol. The highest BCUT2D eigenvalue weighted by Crippen LogP contribution is 2.43. The Labute approximate surface area is 133 Å². The van der Waals surface area contributed by atoms with Crippen molar-refractivity contribution in [3.05, 3.63) is 35.9 Å². The predicted molar refractivity (Wildman–Crippen MR) is 87.3 cm³/mol. The van der Waals surface area contributed by atoms with Gasteiger partial charge in [0.2, 0.25) is 0 Å². The molecule has 3 rings (SSSR count). The van der Waals surface area contributed by atoms with Gasteiger partial charge < -0.3 is 4.74 Å². The van der Waals surface area contributed by atoms with E-state index < -0.39 is 5.60 Å². The standard InChI is InChI=1S/C19H27NO2/c1-19(2,3)22-18(21)17-16-11-7-10-15(16)13-20(17)12-14-8-5-4-6-9-14/h4-6,8-9,15-17H,7,10-13H2,1-3H3/t15-,16-,17-/m0/s1. The molecule has 2 fully saturated rings. The molecule has 1 aromatic rings. The topological polar surface area (TPSA) is 29.5 Å². The Balaban J connectivity index is 1.77. The SMILES string of the molecule is CC(C)(C)OC(=O)[C@@H]1[C@H]2CCC[C@H]2CN1Cc1ccccc1. The van der Waals surface area contributed by atoms with Crippen LogP contribution in [-0.2, 0) is 16.1 Å². The molecule has 0 radical (unpaired) electrons. The van der Waals surface area contributed by atoms with Crippen molar-refractivity contribution in [2.75, 3.05) is 6.54 Å². The first-order valence-electron chi connectivity index (χ1n) is 8.45. The quantitative estimate of drug-likeness (QED) is 0.799. The number of benzene rings is 1. The monoisotopic (exact) mass is 301 g/mol. The number of hydrogen-bond donors (Lipinski definition) is 0. The molecule has 0 bridgehead atoms. The predicted octanol–water partition coefficient (Wildman–Crippen LogP) is 3.63. The van der Waals surface area contributed by atoms with Gasteiger partial charge in [0.15, 0.2) is 0 Å². The summed E-state index contributed by atoms with van der Waals surface area (Å²) >= 11 is 0. The van der Waals surface area contributed by atoms with E-state index in [9.17, 15) is 4.79 Å². The van der Waals surface area contributed by atoms with Crippen molar-refractivity contribution in [2.45, 2.75) is 58.2 Å². The van der Waals surface area contributed by atoms with Crippen molar-refractivity contribution in [2.24, 2.45) is 11.8 Å². The van der Waals surface area contributed by atoms with Gasteiger partial charge in [-0.05, 0) is 51.0 Å². The van der Waals surface area contributed by atoms with Crippen LogP contribution in [0, 0.1) is 11.8 Å². The highest BCUT2D eigenvalue weighted by Gasteiger charge is 2.48. The number of fused-ring (bicyclic) bond motifs is 1. The van der Waals surface area contributed by atoms with E-state index in [0.717, 1.165) is 13.1 Å². The molecule has 0 unspecified atom stereocenters. The third-order valence-corrected chi connectivity index (χ3v) is 4.86. The van der Waals surface area contributed by atoms with Crippen LogP contribution in [0.2, 0.25) is 0 Å². The molecule has 1 saturated carbocycles. The smallest absolute Gasteiger partial charge is 0.324 e. The van der Waals surface area contributed by atoms with Gasteiger partial charge in [0.1, 0.15) is 11.6 Å². The summed E-state index contributed by atoms with van der Waals surface area (Å²) in [5.41, 5.74) is 0.864. The van der Waals surface area contributed by atoms with E-state index >= 15 is 0 Å². The minimum Gasteiger partial charge on any atom is -0.459 e. The molecular formula is C19H27NO2. The minimum atomic E-state index is -0.411. The molecule has 1 saturated heterocycles. The molecule has 0 spiro atoms. The van der Waals surface area contributed by atoms with Crippen LogP contribution in [0.3, 0.4) is 0 Å². The van der Waals surface area contributed by atoms with Gasteiger partial charge >= 0.3 is 5.97 Å². The van der Waals surface area contributed by atoms with Crippen LogP contribution >= 0.6 is 0 Å². The lowest BCUT2D eigenvalue weighted by Crippen LogP contribution is -2.43. The highest BCUT2D eigenvalue weighted by atomic mass is 16.6. The highest BCUT2D eigenvalue weighted by molar-refractivity contribution is 5.77. The third-order valence-electron chi connectivity index (χ3n) is 4.86. The lowest BCUT2D eigenvalue weighted by Gasteiger charge is -2.29. The van der Waals surface area contributed by atoms with Crippen molar-refractivity contribution < 1.29 is 9.53 Å². The van der Waals surface area contributed by atoms with Crippen LogP contribution in [-0.4, -0.2) is 29.1 Å². The summed E-state index contributed by atoms with van der Waals surface area (Å²) in [6.07, 6.45) is 3.68. The fourth-order valence-corrected chi connectivity index (χ4v) is 4.06. The van der Waals surface area contributed by atoms with E-state index in [1.54, 1.807) is 0 Å². The Kier molecular flexibility index (Phi) is 4.26. The molecule has 22 heavy (non-hydrogen) atoms. The summed E-state index contributed by atoms with van der Waals surface area (Å²) in [5, 5.41) is 0. The second-order valence-corrected chi connectivity index (χ2v) is 7.75. The summed E-state index contributed by atoms with van der Waals surface area (Å²) < 4.78 is 5.72. The maximum absolute atomic E-state index is 12.7. The van der Waals surface area contributed by atoms with Crippen molar-refractivity contribution in [3.8, 4) is 0 Å². The van der Waals surface area contributed by atoms with Gasteiger partial charge in [-0.2, -0.15) is 0 Å². The molecule has 2 aliphatic rings. The second-order valence-electron chi connectivity index (χ2n) is 7.75. The van der Waals surface area contributed by atoms with Crippen LogP contribution in [0.1, 0.15) is 45.6 Å². The number of likely N-dealkylation sites (tertiary alicyclic amines) is 1. The number of esters is 1. The van der Waals surface area contributed by atoms with Gasteiger partial charge in [0.05, 0.1) is 0 Å². The summed E-state index contributed by atoms with van der Waals surface area (Å²) in [5.74, 6) is 1.12. The third kappa shape index (κ3) is 3.35. The summed E-state index contributed by atoms with van der Waals surface area (Å²) in [4.78, 5) is 15.1. The van der Waals surface area contributed by atoms with E-state index in [2.05, 4.69) is 29.2 Å². The Morgan fingerprint density at radius 1 is 1.23 bits per heavy atom. The number of hydrogen-bond acceptors (Lipinski definition) is 3. The summed E-state index contributed by atoms with van der Waals surface area (Å²) in [6.45, 7) is 7.73. The van der Waals surface area contributed by atoms with Gasteiger partial charge in [-0.3, -0.25) is 9.69 Å². The van der Waals surface area contributed by atoms with Crippen molar-refractivity contribution in [3.63, 3.8) is 0 Å². The van der Waals surface area contributed by atoms with Gasteiger partial charge in [0.25, 0.3) is 0 Å². The molecular weight excluding hydrogens is 274 g/mol. The first-order chi connectivity index (χ1) is 10.4. The zero-order valence-corrected chi connectivity index (χ0v) is 13.9. The Morgan fingerprint density at radius 3 is 2.64 bits per heavy atom. The molecule has 3 atom stereocenters. The number of rotatable bonds is 3. The lowest BCUT2D eigenvalue weighted by molar-refractivity contribution is -0.162. The van der Waals surface area contributed by atoms with Crippen molar-refractivity contribution >= 4 is 5.97 Å². The summed E-state index contributed by atoms with van der Waals surface area (Å²) in [7, 11) is 0. The molecule has 1 aromatic carbocycles. The normalized spacial score (nSPS) is 28.6. The molecule has 0 aromatic heterocycles. The molecule has 120 valence electrons. The van der Waals surface area contributed by atoms with E-state index in [-0.39, 0.29) is 12.0 Å².